The summed E-state index contributed by atoms with van der Waals surface area (Å²) in [5, 5.41) is 12.5. The second-order valence-corrected chi connectivity index (χ2v) is 3.98. The van der Waals surface area contributed by atoms with Crippen molar-refractivity contribution >= 4 is 24.8 Å². The smallest absolute Gasteiger partial charge is 0.0471 e. The minimum absolute atomic E-state index is 0. The number of halogens is 2. The highest BCUT2D eigenvalue weighted by Gasteiger charge is 2.29. The zero-order valence-corrected chi connectivity index (χ0v) is 9.95. The molecule has 2 atom stereocenters. The minimum atomic E-state index is 0. The van der Waals surface area contributed by atoms with E-state index < -0.39 is 0 Å². The molecule has 2 aliphatic rings. The highest BCUT2D eigenvalue weighted by molar-refractivity contribution is 5.85. The maximum atomic E-state index is 9.04. The van der Waals surface area contributed by atoms with E-state index in [1.807, 2.05) is 0 Å². The molecule has 0 amide bonds. The fourth-order valence-electron chi connectivity index (χ4n) is 2.33. The van der Waals surface area contributed by atoms with E-state index in [-0.39, 0.29) is 24.8 Å². The predicted molar refractivity (Wildman–Crippen MR) is 62.5 cm³/mol. The molecule has 0 spiro atoms. The Morgan fingerprint density at radius 3 is 2.79 bits per heavy atom. The lowest BCUT2D eigenvalue weighted by atomic mass is 9.92. The first-order chi connectivity index (χ1) is 5.90. The molecule has 2 saturated heterocycles. The first-order valence-corrected chi connectivity index (χ1v) is 4.96. The Kier molecular flexibility index (Phi) is 7.08. The van der Waals surface area contributed by atoms with Gasteiger partial charge < -0.3 is 10.4 Å². The van der Waals surface area contributed by atoms with Gasteiger partial charge in [-0.15, -0.1) is 24.8 Å². The Morgan fingerprint density at radius 1 is 1.29 bits per heavy atom. The van der Waals surface area contributed by atoms with Crippen molar-refractivity contribution in [2.24, 2.45) is 5.92 Å². The molecule has 2 fully saturated rings. The summed E-state index contributed by atoms with van der Waals surface area (Å²) < 4.78 is 0. The van der Waals surface area contributed by atoms with Gasteiger partial charge in [-0.3, -0.25) is 4.90 Å². The Labute approximate surface area is 98.1 Å². The Balaban J connectivity index is 0.000000845. The van der Waals surface area contributed by atoms with Gasteiger partial charge in [-0.1, -0.05) is 0 Å². The molecule has 2 aliphatic heterocycles. The molecule has 86 valence electrons. The lowest BCUT2D eigenvalue weighted by Gasteiger charge is -2.42. The van der Waals surface area contributed by atoms with Crippen molar-refractivity contribution in [1.82, 2.24) is 10.2 Å². The zero-order chi connectivity index (χ0) is 8.39. The topological polar surface area (TPSA) is 35.5 Å². The van der Waals surface area contributed by atoms with Crippen molar-refractivity contribution in [3.8, 4) is 0 Å². The number of aliphatic hydroxyl groups is 1. The van der Waals surface area contributed by atoms with Gasteiger partial charge in [-0.05, 0) is 18.8 Å². The van der Waals surface area contributed by atoms with Crippen LogP contribution < -0.4 is 5.32 Å². The summed E-state index contributed by atoms with van der Waals surface area (Å²) in [4.78, 5) is 2.53. The number of aliphatic hydroxyl groups excluding tert-OH is 1. The molecule has 0 aromatic rings. The molecule has 0 saturated carbocycles. The van der Waals surface area contributed by atoms with Crippen molar-refractivity contribution in [1.29, 1.82) is 0 Å². The minimum Gasteiger partial charge on any atom is -0.396 e. The predicted octanol–water partition coefficient (Wildman–Crippen LogP) is 0.506. The van der Waals surface area contributed by atoms with Crippen LogP contribution in [0.25, 0.3) is 0 Å². The van der Waals surface area contributed by atoms with Crippen LogP contribution >= 0.6 is 24.8 Å². The Bertz CT molecular complexity index is 160. The Morgan fingerprint density at radius 2 is 2.07 bits per heavy atom. The molecule has 2 rings (SSSR count). The van der Waals surface area contributed by atoms with E-state index in [1.165, 1.54) is 19.4 Å². The number of hydrogen-bond donors (Lipinski definition) is 2. The van der Waals surface area contributed by atoms with Crippen LogP contribution in [0.5, 0.6) is 0 Å². The van der Waals surface area contributed by atoms with Crippen molar-refractivity contribution < 1.29 is 5.11 Å². The quantitative estimate of drug-likeness (QED) is 0.704. The van der Waals surface area contributed by atoms with E-state index in [4.69, 9.17) is 5.11 Å². The number of nitrogens with zero attached hydrogens (tertiary/aromatic N) is 1. The second kappa shape index (κ2) is 6.85. The van der Waals surface area contributed by atoms with Crippen LogP contribution in [0.1, 0.15) is 12.8 Å². The van der Waals surface area contributed by atoms with Gasteiger partial charge in [0.05, 0.1) is 0 Å². The van der Waals surface area contributed by atoms with Crippen LogP contribution in [-0.4, -0.2) is 48.8 Å². The number of fused-ring (bicyclic) bond motifs is 1. The van der Waals surface area contributed by atoms with Crippen LogP contribution in [0.2, 0.25) is 0 Å². The van der Waals surface area contributed by atoms with Gasteiger partial charge >= 0.3 is 0 Å². The fraction of sp³-hybridized carbons (Fsp3) is 1.00. The summed E-state index contributed by atoms with van der Waals surface area (Å²) in [6.45, 7) is 4.92. The summed E-state index contributed by atoms with van der Waals surface area (Å²) in [5.41, 5.74) is 0. The number of piperazine rings is 1. The van der Waals surface area contributed by atoms with Crippen LogP contribution in [0.15, 0.2) is 0 Å². The summed E-state index contributed by atoms with van der Waals surface area (Å²) in [7, 11) is 0. The number of nitrogens with one attached hydrogen (secondary N) is 1. The van der Waals surface area contributed by atoms with Crippen molar-refractivity contribution in [2.45, 2.75) is 18.9 Å². The monoisotopic (exact) mass is 242 g/mol. The summed E-state index contributed by atoms with van der Waals surface area (Å²) in [6, 6.07) is 0.751. The van der Waals surface area contributed by atoms with Gasteiger partial charge in [-0.25, -0.2) is 0 Å². The van der Waals surface area contributed by atoms with Gasteiger partial charge in [0.1, 0.15) is 0 Å². The molecular weight excluding hydrogens is 223 g/mol. The lowest BCUT2D eigenvalue weighted by Crippen LogP contribution is -2.55. The number of rotatable bonds is 1. The average molecular weight is 243 g/mol. The number of hydrogen-bond acceptors (Lipinski definition) is 3. The van der Waals surface area contributed by atoms with E-state index in [2.05, 4.69) is 10.2 Å². The third-order valence-electron chi connectivity index (χ3n) is 3.13. The summed E-state index contributed by atoms with van der Waals surface area (Å²) in [6.07, 6.45) is 2.47. The van der Waals surface area contributed by atoms with Gasteiger partial charge in [-0.2, -0.15) is 0 Å². The SMILES string of the molecule is Cl.Cl.OC[C@@H]1CC[C@@H]2CNCCN2C1. The van der Waals surface area contributed by atoms with Gasteiger partial charge in [0.15, 0.2) is 0 Å². The fourth-order valence-corrected chi connectivity index (χ4v) is 2.33. The second-order valence-electron chi connectivity index (χ2n) is 3.98. The highest BCUT2D eigenvalue weighted by Crippen LogP contribution is 2.22. The van der Waals surface area contributed by atoms with Gasteiger partial charge in [0, 0.05) is 38.8 Å². The maximum absolute atomic E-state index is 9.04. The van der Waals surface area contributed by atoms with E-state index in [9.17, 15) is 0 Å². The lowest BCUT2D eigenvalue weighted by molar-refractivity contribution is 0.0599. The van der Waals surface area contributed by atoms with Crippen molar-refractivity contribution in [3.63, 3.8) is 0 Å². The molecule has 0 bridgehead atoms. The van der Waals surface area contributed by atoms with Crippen LogP contribution in [0.3, 0.4) is 0 Å². The normalized spacial score (nSPS) is 32.4. The molecule has 0 aromatic carbocycles. The van der Waals surface area contributed by atoms with Crippen LogP contribution in [-0.2, 0) is 0 Å². The highest BCUT2D eigenvalue weighted by atomic mass is 35.5. The first-order valence-electron chi connectivity index (χ1n) is 4.96. The van der Waals surface area contributed by atoms with Crippen LogP contribution in [0, 0.1) is 5.92 Å². The van der Waals surface area contributed by atoms with Crippen molar-refractivity contribution in [3.05, 3.63) is 0 Å². The molecule has 0 unspecified atom stereocenters. The molecule has 2 heterocycles. The molecule has 0 aliphatic carbocycles. The zero-order valence-electron chi connectivity index (χ0n) is 8.32. The number of piperidine rings is 1. The largest absolute Gasteiger partial charge is 0.396 e. The average Bonchev–Trinajstić information content (AvgIpc) is 2.17. The maximum Gasteiger partial charge on any atom is 0.0471 e. The third-order valence-corrected chi connectivity index (χ3v) is 3.13. The molecule has 2 N–H and O–H groups in total. The van der Waals surface area contributed by atoms with E-state index in [0.717, 1.165) is 25.7 Å². The summed E-state index contributed by atoms with van der Waals surface area (Å²) >= 11 is 0. The molecule has 0 aromatic heterocycles. The van der Waals surface area contributed by atoms with Gasteiger partial charge in [0.25, 0.3) is 0 Å². The van der Waals surface area contributed by atoms with E-state index in [0.29, 0.717) is 12.5 Å². The van der Waals surface area contributed by atoms with Crippen molar-refractivity contribution in [2.75, 3.05) is 32.8 Å². The van der Waals surface area contributed by atoms with E-state index in [1.54, 1.807) is 0 Å². The van der Waals surface area contributed by atoms with E-state index >= 15 is 0 Å². The molecule has 3 nitrogen and oxygen atoms in total. The Hall–Kier alpha value is 0.460. The standard InChI is InChI=1S/C9H18N2O.2ClH/c12-7-8-1-2-9-5-10-3-4-11(9)6-8;;/h8-10,12H,1-7H2;2*1H/t8-,9-;;/m1../s1. The molecular formula is C9H20Cl2N2O. The molecule has 5 heteroatoms. The summed E-state index contributed by atoms with van der Waals surface area (Å²) in [5.74, 6) is 0.541. The molecule has 14 heavy (non-hydrogen) atoms. The van der Waals surface area contributed by atoms with Crippen LogP contribution in [0.4, 0.5) is 0 Å². The van der Waals surface area contributed by atoms with Gasteiger partial charge in [0.2, 0.25) is 0 Å². The molecule has 0 radical (unpaired) electrons. The third kappa shape index (κ3) is 3.24. The first kappa shape index (κ1) is 14.5.